The number of hydrogen-bond acceptors (Lipinski definition) is 1. The highest BCUT2D eigenvalue weighted by Gasteiger charge is 2.44. The molecule has 2 saturated carbocycles. The highest BCUT2D eigenvalue weighted by Crippen LogP contribution is 2.45. The van der Waals surface area contributed by atoms with Crippen LogP contribution in [0.5, 0.6) is 0 Å². The van der Waals surface area contributed by atoms with E-state index in [9.17, 15) is 0 Å². The van der Waals surface area contributed by atoms with Crippen LogP contribution in [0.4, 0.5) is 0 Å². The molecule has 1 nitrogen and oxygen atoms in total. The van der Waals surface area contributed by atoms with Crippen LogP contribution in [0, 0.1) is 0 Å². The number of benzene rings is 2. The van der Waals surface area contributed by atoms with Crippen molar-refractivity contribution >= 4 is 0 Å². The summed E-state index contributed by atoms with van der Waals surface area (Å²) in [6, 6.07) is 22.9. The van der Waals surface area contributed by atoms with Gasteiger partial charge in [-0.2, -0.15) is 0 Å². The van der Waals surface area contributed by atoms with Gasteiger partial charge in [-0.15, -0.1) is 0 Å². The third kappa shape index (κ3) is 2.61. The van der Waals surface area contributed by atoms with Crippen molar-refractivity contribution in [2.24, 2.45) is 0 Å². The Hall–Kier alpha value is -1.60. The van der Waals surface area contributed by atoms with E-state index in [4.69, 9.17) is 0 Å². The molecule has 3 aliphatic rings. The molecule has 2 unspecified atom stereocenters. The van der Waals surface area contributed by atoms with Crippen molar-refractivity contribution in [1.29, 1.82) is 0 Å². The quantitative estimate of drug-likeness (QED) is 0.787. The Labute approximate surface area is 139 Å². The van der Waals surface area contributed by atoms with Gasteiger partial charge in [0.2, 0.25) is 0 Å². The number of fused-ring (bicyclic) bond motifs is 1. The first kappa shape index (κ1) is 13.8. The van der Waals surface area contributed by atoms with Gasteiger partial charge in [0.1, 0.15) is 0 Å². The molecule has 0 spiro atoms. The Balaban J connectivity index is 1.52. The average molecular weight is 303 g/mol. The number of hydrogen-bond donors (Lipinski definition) is 0. The molecule has 2 aromatic carbocycles. The smallest absolute Gasteiger partial charge is 0.0151 e. The van der Waals surface area contributed by atoms with Crippen LogP contribution in [0.1, 0.15) is 54.7 Å². The van der Waals surface area contributed by atoms with Gasteiger partial charge in [-0.1, -0.05) is 54.6 Å². The van der Waals surface area contributed by atoms with Crippen molar-refractivity contribution in [1.82, 2.24) is 4.90 Å². The zero-order valence-corrected chi connectivity index (χ0v) is 13.7. The van der Waals surface area contributed by atoms with E-state index >= 15 is 0 Å². The van der Waals surface area contributed by atoms with Gasteiger partial charge in [0.05, 0.1) is 0 Å². The molecular formula is C22H25N. The second kappa shape index (κ2) is 5.49. The Kier molecular flexibility index (Phi) is 3.29. The number of nitrogens with zero attached hydrogens (tertiary/aromatic N) is 1. The summed E-state index contributed by atoms with van der Waals surface area (Å²) in [4.78, 5) is 2.92. The Morgan fingerprint density at radius 1 is 0.696 bits per heavy atom. The molecule has 0 amide bonds. The monoisotopic (exact) mass is 303 g/mol. The van der Waals surface area contributed by atoms with Gasteiger partial charge < -0.3 is 0 Å². The predicted molar refractivity (Wildman–Crippen MR) is 94.7 cm³/mol. The van der Waals surface area contributed by atoms with E-state index in [2.05, 4.69) is 59.5 Å². The molecule has 118 valence electrons. The summed E-state index contributed by atoms with van der Waals surface area (Å²) in [5, 5.41) is 0. The SMILES string of the molecule is c1ccc(C2CC(N(C3CC3)C3CC3)Cc3ccccc32)cc1. The van der Waals surface area contributed by atoms with E-state index in [0.717, 1.165) is 18.1 Å². The maximum Gasteiger partial charge on any atom is 0.0151 e. The lowest BCUT2D eigenvalue weighted by molar-refractivity contribution is 0.155. The van der Waals surface area contributed by atoms with Crippen molar-refractivity contribution in [2.75, 3.05) is 0 Å². The molecule has 0 aromatic heterocycles. The van der Waals surface area contributed by atoms with Crippen LogP contribution < -0.4 is 0 Å². The van der Waals surface area contributed by atoms with Crippen LogP contribution in [-0.4, -0.2) is 23.0 Å². The molecule has 2 fully saturated rings. The zero-order valence-electron chi connectivity index (χ0n) is 13.7. The van der Waals surface area contributed by atoms with E-state index in [-0.39, 0.29) is 0 Å². The van der Waals surface area contributed by atoms with Crippen molar-refractivity contribution in [2.45, 2.75) is 62.6 Å². The Morgan fingerprint density at radius 2 is 1.35 bits per heavy atom. The van der Waals surface area contributed by atoms with E-state index < -0.39 is 0 Å². The Bertz CT molecular complexity index is 672. The van der Waals surface area contributed by atoms with E-state index in [0.29, 0.717) is 5.92 Å². The van der Waals surface area contributed by atoms with E-state index in [1.165, 1.54) is 44.1 Å². The largest absolute Gasteiger partial charge is 0.294 e. The van der Waals surface area contributed by atoms with E-state index in [1.54, 1.807) is 11.1 Å². The van der Waals surface area contributed by atoms with Gasteiger partial charge in [0, 0.05) is 24.0 Å². The molecular weight excluding hydrogens is 278 g/mol. The highest BCUT2D eigenvalue weighted by molar-refractivity contribution is 5.41. The topological polar surface area (TPSA) is 3.24 Å². The van der Waals surface area contributed by atoms with Gasteiger partial charge in [0.15, 0.2) is 0 Å². The summed E-state index contributed by atoms with van der Waals surface area (Å²) in [6.45, 7) is 0. The second-order valence-electron chi connectivity index (χ2n) is 7.67. The molecule has 0 aliphatic heterocycles. The molecule has 3 aliphatic carbocycles. The molecule has 1 heteroatoms. The normalized spacial score (nSPS) is 27.0. The van der Waals surface area contributed by atoms with E-state index in [1.807, 2.05) is 0 Å². The Morgan fingerprint density at radius 3 is 2.04 bits per heavy atom. The van der Waals surface area contributed by atoms with Crippen LogP contribution in [0.3, 0.4) is 0 Å². The van der Waals surface area contributed by atoms with Crippen molar-refractivity contribution < 1.29 is 0 Å². The van der Waals surface area contributed by atoms with Crippen LogP contribution in [-0.2, 0) is 6.42 Å². The molecule has 0 heterocycles. The predicted octanol–water partition coefficient (Wildman–Crippen LogP) is 4.76. The first-order valence-electron chi connectivity index (χ1n) is 9.30. The summed E-state index contributed by atoms with van der Waals surface area (Å²) in [6.07, 6.45) is 8.30. The van der Waals surface area contributed by atoms with Crippen LogP contribution >= 0.6 is 0 Å². The molecule has 23 heavy (non-hydrogen) atoms. The fourth-order valence-corrected chi connectivity index (χ4v) is 4.66. The lowest BCUT2D eigenvalue weighted by Crippen LogP contribution is -2.43. The van der Waals surface area contributed by atoms with Crippen molar-refractivity contribution in [3.8, 4) is 0 Å². The highest BCUT2D eigenvalue weighted by atomic mass is 15.3. The molecule has 0 radical (unpaired) electrons. The van der Waals surface area contributed by atoms with Gasteiger partial charge >= 0.3 is 0 Å². The molecule has 0 bridgehead atoms. The van der Waals surface area contributed by atoms with Crippen LogP contribution in [0.15, 0.2) is 54.6 Å². The van der Waals surface area contributed by atoms with Crippen molar-refractivity contribution in [3.05, 3.63) is 71.3 Å². The molecule has 5 rings (SSSR count). The first-order chi connectivity index (χ1) is 11.4. The van der Waals surface area contributed by atoms with Crippen molar-refractivity contribution in [3.63, 3.8) is 0 Å². The molecule has 2 aromatic rings. The maximum atomic E-state index is 2.92. The minimum atomic E-state index is 0.575. The van der Waals surface area contributed by atoms with Gasteiger partial charge in [0.25, 0.3) is 0 Å². The summed E-state index contributed by atoms with van der Waals surface area (Å²) in [5.41, 5.74) is 4.65. The first-order valence-corrected chi connectivity index (χ1v) is 9.30. The summed E-state index contributed by atoms with van der Waals surface area (Å²) >= 11 is 0. The standard InChI is InChI=1S/C22H25N/c1-2-6-16(7-3-1)22-15-20(14-17-8-4-5-9-21(17)22)23(18-10-11-18)19-12-13-19/h1-9,18-20,22H,10-15H2. The third-order valence-corrected chi connectivity index (χ3v) is 5.95. The third-order valence-electron chi connectivity index (χ3n) is 5.95. The van der Waals surface area contributed by atoms with Crippen LogP contribution in [0.25, 0.3) is 0 Å². The zero-order chi connectivity index (χ0) is 15.2. The molecule has 2 atom stereocenters. The molecule has 0 N–H and O–H groups in total. The van der Waals surface area contributed by atoms with Crippen LogP contribution in [0.2, 0.25) is 0 Å². The lowest BCUT2D eigenvalue weighted by Gasteiger charge is -2.39. The fourth-order valence-electron chi connectivity index (χ4n) is 4.66. The summed E-state index contributed by atoms with van der Waals surface area (Å²) in [7, 11) is 0. The van der Waals surface area contributed by atoms with Gasteiger partial charge in [-0.3, -0.25) is 4.90 Å². The average Bonchev–Trinajstić information content (AvgIpc) is 3.50. The van der Waals surface area contributed by atoms with Gasteiger partial charge in [-0.05, 0) is 55.2 Å². The minimum absolute atomic E-state index is 0.575. The van der Waals surface area contributed by atoms with Gasteiger partial charge in [-0.25, -0.2) is 0 Å². The molecule has 0 saturated heterocycles. The number of rotatable bonds is 4. The maximum absolute atomic E-state index is 2.92. The summed E-state index contributed by atoms with van der Waals surface area (Å²) < 4.78 is 0. The fraction of sp³-hybridized carbons (Fsp3) is 0.455. The minimum Gasteiger partial charge on any atom is -0.294 e. The second-order valence-corrected chi connectivity index (χ2v) is 7.67. The summed E-state index contributed by atoms with van der Waals surface area (Å²) in [5.74, 6) is 0.575. The lowest BCUT2D eigenvalue weighted by atomic mass is 9.76.